The summed E-state index contributed by atoms with van der Waals surface area (Å²) >= 11 is 5.88. The number of hydrogen-bond donors (Lipinski definition) is 2. The lowest BCUT2D eigenvalue weighted by atomic mass is 10.1. The number of ether oxygens (including phenoxy) is 1. The summed E-state index contributed by atoms with van der Waals surface area (Å²) in [6.45, 7) is 0. The predicted molar refractivity (Wildman–Crippen MR) is 70.0 cm³/mol. The summed E-state index contributed by atoms with van der Waals surface area (Å²) in [5.74, 6) is 0.486. The molecule has 0 radical (unpaired) electrons. The quantitative estimate of drug-likeness (QED) is 0.739. The van der Waals surface area contributed by atoms with Crippen LogP contribution < -0.4 is 4.74 Å². The monoisotopic (exact) mass is 260 g/mol. The van der Waals surface area contributed by atoms with Gasteiger partial charge in [-0.3, -0.25) is 0 Å². The van der Waals surface area contributed by atoms with Crippen molar-refractivity contribution in [2.24, 2.45) is 0 Å². The fourth-order valence-corrected chi connectivity index (χ4v) is 2.07. The molecule has 0 aliphatic carbocycles. The lowest BCUT2D eigenvalue weighted by Crippen LogP contribution is -1.89. The van der Waals surface area contributed by atoms with E-state index in [0.717, 1.165) is 0 Å². The van der Waals surface area contributed by atoms with Gasteiger partial charge in [-0.15, -0.1) is 0 Å². The van der Waals surface area contributed by atoms with E-state index in [1.54, 1.807) is 42.5 Å². The zero-order valence-corrected chi connectivity index (χ0v) is 9.98. The molecule has 0 unspecified atom stereocenters. The molecule has 3 nitrogen and oxygen atoms in total. The van der Waals surface area contributed by atoms with Gasteiger partial charge in [-0.25, -0.2) is 0 Å². The third kappa shape index (κ3) is 1.60. The first-order valence-corrected chi connectivity index (χ1v) is 5.74. The minimum absolute atomic E-state index is 0.216. The van der Waals surface area contributed by atoms with Gasteiger partial charge in [-0.05, 0) is 30.3 Å². The van der Waals surface area contributed by atoms with Crippen LogP contribution in [0.4, 0.5) is 0 Å². The van der Waals surface area contributed by atoms with Crippen LogP contribution >= 0.6 is 11.6 Å². The molecule has 0 spiro atoms. The van der Waals surface area contributed by atoms with E-state index >= 15 is 0 Å². The van der Waals surface area contributed by atoms with Gasteiger partial charge in [-0.2, -0.15) is 0 Å². The third-order valence-corrected chi connectivity index (χ3v) is 3.02. The Balaban J connectivity index is 2.32. The third-order valence-electron chi connectivity index (χ3n) is 2.78. The Kier molecular flexibility index (Phi) is 2.42. The van der Waals surface area contributed by atoms with Gasteiger partial charge in [0.05, 0.1) is 11.1 Å². The Morgan fingerprint density at radius 2 is 1.50 bits per heavy atom. The second kappa shape index (κ2) is 3.96. The van der Waals surface area contributed by atoms with Crippen molar-refractivity contribution in [3.63, 3.8) is 0 Å². The highest BCUT2D eigenvalue weighted by molar-refractivity contribution is 6.30. The zero-order valence-electron chi connectivity index (χ0n) is 9.22. The first kappa shape index (κ1) is 11.0. The fourth-order valence-electron chi connectivity index (χ4n) is 1.90. The molecule has 2 N–H and O–H groups in total. The van der Waals surface area contributed by atoms with Gasteiger partial charge in [0.2, 0.25) is 0 Å². The molecule has 4 heteroatoms. The Morgan fingerprint density at radius 3 is 2.33 bits per heavy atom. The Bertz CT molecular complexity index is 662. The summed E-state index contributed by atoms with van der Waals surface area (Å²) in [7, 11) is 0. The minimum Gasteiger partial charge on any atom is -0.504 e. The van der Waals surface area contributed by atoms with Crippen molar-refractivity contribution in [2.75, 3.05) is 0 Å². The lowest BCUT2D eigenvalue weighted by Gasteiger charge is -2.08. The number of rotatable bonds is 0. The van der Waals surface area contributed by atoms with E-state index < -0.39 is 0 Å². The van der Waals surface area contributed by atoms with Crippen molar-refractivity contribution >= 4 is 23.1 Å². The standard InChI is InChI=1S/C14H9ClO3/c15-8-5-6-12-10(7-8)14(17)13(16)9-3-1-2-4-11(9)18-12/h1-7,16-17H. The van der Waals surface area contributed by atoms with Gasteiger partial charge in [0.25, 0.3) is 0 Å². The Hall–Kier alpha value is -2.13. The average molecular weight is 261 g/mol. The molecule has 1 aliphatic rings. The number of aliphatic hydroxyl groups is 2. The molecule has 1 heterocycles. The second-order valence-corrected chi connectivity index (χ2v) is 4.37. The molecular weight excluding hydrogens is 252 g/mol. The number of halogens is 1. The molecule has 0 aromatic heterocycles. The molecule has 0 amide bonds. The molecular formula is C14H9ClO3. The van der Waals surface area contributed by atoms with E-state index in [-0.39, 0.29) is 11.5 Å². The van der Waals surface area contributed by atoms with E-state index in [1.165, 1.54) is 0 Å². The van der Waals surface area contributed by atoms with Crippen LogP contribution in [0.25, 0.3) is 11.5 Å². The lowest BCUT2D eigenvalue weighted by molar-refractivity contribution is 0.460. The van der Waals surface area contributed by atoms with E-state index in [2.05, 4.69) is 0 Å². The van der Waals surface area contributed by atoms with Crippen molar-refractivity contribution in [1.82, 2.24) is 0 Å². The van der Waals surface area contributed by atoms with E-state index in [0.29, 0.717) is 27.6 Å². The first-order valence-electron chi connectivity index (χ1n) is 5.36. The molecule has 2 aromatic carbocycles. The number of benzene rings is 2. The fraction of sp³-hybridized carbons (Fsp3) is 0. The van der Waals surface area contributed by atoms with Crippen molar-refractivity contribution in [2.45, 2.75) is 0 Å². The number of fused-ring (bicyclic) bond motifs is 2. The SMILES string of the molecule is OC1=C(O)c2cc(Cl)ccc2Oc2ccccc21. The number of hydrogen-bond acceptors (Lipinski definition) is 3. The van der Waals surface area contributed by atoms with Crippen LogP contribution in [0.1, 0.15) is 11.1 Å². The van der Waals surface area contributed by atoms with Gasteiger partial charge in [-0.1, -0.05) is 23.7 Å². The van der Waals surface area contributed by atoms with Crippen LogP contribution in [0.5, 0.6) is 11.5 Å². The molecule has 0 saturated heterocycles. The van der Waals surface area contributed by atoms with Gasteiger partial charge >= 0.3 is 0 Å². The smallest absolute Gasteiger partial charge is 0.169 e. The van der Waals surface area contributed by atoms with Crippen molar-refractivity contribution < 1.29 is 14.9 Å². The second-order valence-electron chi connectivity index (χ2n) is 3.94. The molecule has 0 atom stereocenters. The van der Waals surface area contributed by atoms with Gasteiger partial charge < -0.3 is 14.9 Å². The van der Waals surface area contributed by atoms with Gasteiger partial charge in [0.1, 0.15) is 11.5 Å². The molecule has 0 fully saturated rings. The highest BCUT2D eigenvalue weighted by Crippen LogP contribution is 2.40. The zero-order chi connectivity index (χ0) is 12.7. The summed E-state index contributed by atoms with van der Waals surface area (Å²) in [5, 5.41) is 20.6. The van der Waals surface area contributed by atoms with Crippen molar-refractivity contribution in [3.8, 4) is 11.5 Å². The number of para-hydroxylation sites is 1. The van der Waals surface area contributed by atoms with E-state index in [9.17, 15) is 10.2 Å². The molecule has 90 valence electrons. The van der Waals surface area contributed by atoms with Crippen molar-refractivity contribution in [3.05, 3.63) is 58.6 Å². The maximum Gasteiger partial charge on any atom is 0.169 e. The Labute approximate surface area is 109 Å². The molecule has 3 rings (SSSR count). The summed E-state index contributed by atoms with van der Waals surface area (Å²) in [6.07, 6.45) is 0. The van der Waals surface area contributed by atoms with Crippen LogP contribution in [0.15, 0.2) is 42.5 Å². The maximum absolute atomic E-state index is 10.1. The molecule has 18 heavy (non-hydrogen) atoms. The molecule has 0 bridgehead atoms. The topological polar surface area (TPSA) is 49.7 Å². The normalized spacial score (nSPS) is 13.4. The highest BCUT2D eigenvalue weighted by Gasteiger charge is 2.22. The van der Waals surface area contributed by atoms with Gasteiger partial charge in [0.15, 0.2) is 11.5 Å². The van der Waals surface area contributed by atoms with E-state index in [1.807, 2.05) is 0 Å². The van der Waals surface area contributed by atoms with Crippen LogP contribution in [-0.4, -0.2) is 10.2 Å². The molecule has 0 saturated carbocycles. The van der Waals surface area contributed by atoms with Gasteiger partial charge in [0, 0.05) is 5.02 Å². The summed E-state index contributed by atoms with van der Waals surface area (Å²) < 4.78 is 5.68. The average Bonchev–Trinajstić information content (AvgIpc) is 2.48. The van der Waals surface area contributed by atoms with E-state index in [4.69, 9.17) is 16.3 Å². The van der Waals surface area contributed by atoms with Crippen LogP contribution in [0, 0.1) is 0 Å². The maximum atomic E-state index is 10.1. The van der Waals surface area contributed by atoms with Crippen molar-refractivity contribution in [1.29, 1.82) is 0 Å². The largest absolute Gasteiger partial charge is 0.504 e. The number of aliphatic hydroxyl groups excluding tert-OH is 2. The highest BCUT2D eigenvalue weighted by atomic mass is 35.5. The minimum atomic E-state index is -0.238. The first-order chi connectivity index (χ1) is 8.66. The summed E-state index contributed by atoms with van der Waals surface area (Å²) in [5.41, 5.74) is 0.818. The van der Waals surface area contributed by atoms with Crippen LogP contribution in [-0.2, 0) is 0 Å². The van der Waals surface area contributed by atoms with Crippen LogP contribution in [0.3, 0.4) is 0 Å². The molecule has 1 aliphatic heterocycles. The summed E-state index contributed by atoms with van der Waals surface area (Å²) in [4.78, 5) is 0. The summed E-state index contributed by atoms with van der Waals surface area (Å²) in [6, 6.07) is 11.8. The molecule has 2 aromatic rings. The predicted octanol–water partition coefficient (Wildman–Crippen LogP) is 4.39. The van der Waals surface area contributed by atoms with Crippen LogP contribution in [0.2, 0.25) is 5.02 Å². The Morgan fingerprint density at radius 1 is 0.833 bits per heavy atom.